The van der Waals surface area contributed by atoms with Gasteiger partial charge in [0.05, 0.1) is 18.3 Å². The minimum atomic E-state index is 0.410. The molecule has 7 heteroatoms. The maximum atomic E-state index is 5.92. The fourth-order valence-electron chi connectivity index (χ4n) is 3.40. The molecule has 4 rings (SSSR count). The monoisotopic (exact) mass is 357 g/mol. The summed E-state index contributed by atoms with van der Waals surface area (Å²) < 4.78 is 7.56. The van der Waals surface area contributed by atoms with Crippen LogP contribution in [0, 0.1) is 13.8 Å². The van der Waals surface area contributed by atoms with Crippen LogP contribution in [0.2, 0.25) is 5.02 Å². The van der Waals surface area contributed by atoms with E-state index in [0.29, 0.717) is 29.3 Å². The Morgan fingerprint density at radius 1 is 1.24 bits per heavy atom. The molecule has 0 amide bonds. The number of aryl methyl sites for hydroxylation is 2. The van der Waals surface area contributed by atoms with Crippen molar-refractivity contribution in [2.24, 2.45) is 0 Å². The second-order valence-corrected chi connectivity index (χ2v) is 7.00. The van der Waals surface area contributed by atoms with Gasteiger partial charge in [0, 0.05) is 29.4 Å². The Bertz CT molecular complexity index is 870. The molecule has 1 fully saturated rings. The van der Waals surface area contributed by atoms with Gasteiger partial charge in [-0.25, -0.2) is 0 Å². The molecule has 1 saturated heterocycles. The minimum absolute atomic E-state index is 0.410. The largest absolute Gasteiger partial charge is 0.338 e. The second-order valence-electron chi connectivity index (χ2n) is 6.57. The standard InChI is InChI=1S/C18H20ClN5O/c1-12-9-13(2)24(21-12)16-7-8-23(10-16)11-17-20-18(22-25-17)14-3-5-15(19)6-4-14/h3-6,9,16H,7-8,10-11H2,1-2H3. The van der Waals surface area contributed by atoms with E-state index in [9.17, 15) is 0 Å². The Hall–Kier alpha value is -2.18. The third kappa shape index (κ3) is 3.45. The van der Waals surface area contributed by atoms with Gasteiger partial charge >= 0.3 is 0 Å². The van der Waals surface area contributed by atoms with E-state index in [1.54, 1.807) is 0 Å². The summed E-state index contributed by atoms with van der Waals surface area (Å²) in [5.74, 6) is 1.24. The molecule has 2 aromatic heterocycles. The first kappa shape index (κ1) is 16.3. The lowest BCUT2D eigenvalue weighted by Gasteiger charge is -2.15. The van der Waals surface area contributed by atoms with Gasteiger partial charge in [-0.2, -0.15) is 10.1 Å². The van der Waals surface area contributed by atoms with Gasteiger partial charge in [-0.3, -0.25) is 9.58 Å². The van der Waals surface area contributed by atoms with E-state index in [1.807, 2.05) is 31.2 Å². The lowest BCUT2D eigenvalue weighted by atomic mass is 10.2. The topological polar surface area (TPSA) is 60.0 Å². The van der Waals surface area contributed by atoms with Crippen molar-refractivity contribution >= 4 is 11.6 Å². The van der Waals surface area contributed by atoms with Crippen molar-refractivity contribution in [1.82, 2.24) is 24.8 Å². The summed E-state index contributed by atoms with van der Waals surface area (Å²) in [5, 5.41) is 9.39. The van der Waals surface area contributed by atoms with E-state index >= 15 is 0 Å². The summed E-state index contributed by atoms with van der Waals surface area (Å²) in [6, 6.07) is 9.97. The van der Waals surface area contributed by atoms with Crippen LogP contribution in [0.15, 0.2) is 34.9 Å². The maximum absolute atomic E-state index is 5.92. The molecule has 1 aliphatic heterocycles. The molecule has 1 unspecified atom stereocenters. The van der Waals surface area contributed by atoms with E-state index in [1.165, 1.54) is 5.69 Å². The van der Waals surface area contributed by atoms with Crippen molar-refractivity contribution in [3.63, 3.8) is 0 Å². The molecule has 0 spiro atoms. The van der Waals surface area contributed by atoms with Gasteiger partial charge in [0.15, 0.2) is 0 Å². The van der Waals surface area contributed by atoms with E-state index in [-0.39, 0.29) is 0 Å². The van der Waals surface area contributed by atoms with Crippen LogP contribution in [0.4, 0.5) is 0 Å². The molecule has 1 aromatic carbocycles. The van der Waals surface area contributed by atoms with Gasteiger partial charge in [-0.15, -0.1) is 0 Å². The summed E-state index contributed by atoms with van der Waals surface area (Å²) in [6.45, 7) is 6.75. The number of rotatable bonds is 4. The normalized spacial score (nSPS) is 18.1. The van der Waals surface area contributed by atoms with Crippen LogP contribution >= 0.6 is 11.6 Å². The van der Waals surface area contributed by atoms with Gasteiger partial charge in [0.2, 0.25) is 11.7 Å². The zero-order chi connectivity index (χ0) is 17.4. The molecule has 6 nitrogen and oxygen atoms in total. The van der Waals surface area contributed by atoms with Crippen molar-refractivity contribution in [2.75, 3.05) is 13.1 Å². The number of hydrogen-bond acceptors (Lipinski definition) is 5. The average molecular weight is 358 g/mol. The molecule has 1 atom stereocenters. The fraction of sp³-hybridized carbons (Fsp3) is 0.389. The summed E-state index contributed by atoms with van der Waals surface area (Å²) in [4.78, 5) is 6.84. The molecular weight excluding hydrogens is 338 g/mol. The van der Waals surface area contributed by atoms with Crippen molar-refractivity contribution < 1.29 is 4.52 Å². The molecular formula is C18H20ClN5O. The first-order chi connectivity index (χ1) is 12.1. The molecule has 25 heavy (non-hydrogen) atoms. The maximum Gasteiger partial charge on any atom is 0.241 e. The number of nitrogens with zero attached hydrogens (tertiary/aromatic N) is 5. The first-order valence-corrected chi connectivity index (χ1v) is 8.80. The highest BCUT2D eigenvalue weighted by Gasteiger charge is 2.26. The molecule has 0 bridgehead atoms. The van der Waals surface area contributed by atoms with Gasteiger partial charge < -0.3 is 4.52 Å². The van der Waals surface area contributed by atoms with Crippen LogP contribution in [0.3, 0.4) is 0 Å². The fourth-order valence-corrected chi connectivity index (χ4v) is 3.52. The average Bonchev–Trinajstić information content (AvgIpc) is 3.29. The third-order valence-electron chi connectivity index (χ3n) is 4.57. The Kier molecular flexibility index (Phi) is 4.31. The van der Waals surface area contributed by atoms with Crippen molar-refractivity contribution in [1.29, 1.82) is 0 Å². The highest BCUT2D eigenvalue weighted by atomic mass is 35.5. The highest BCUT2D eigenvalue weighted by molar-refractivity contribution is 6.30. The van der Waals surface area contributed by atoms with Crippen molar-refractivity contribution in [2.45, 2.75) is 32.9 Å². The Balaban J connectivity index is 1.42. The van der Waals surface area contributed by atoms with Gasteiger partial charge in [0.1, 0.15) is 0 Å². The smallest absolute Gasteiger partial charge is 0.241 e. The van der Waals surface area contributed by atoms with Crippen LogP contribution in [0.5, 0.6) is 0 Å². The van der Waals surface area contributed by atoms with Crippen LogP contribution < -0.4 is 0 Å². The van der Waals surface area contributed by atoms with Gasteiger partial charge in [0.25, 0.3) is 0 Å². The van der Waals surface area contributed by atoms with Crippen molar-refractivity contribution in [3.8, 4) is 11.4 Å². The number of likely N-dealkylation sites (tertiary alicyclic amines) is 1. The number of hydrogen-bond donors (Lipinski definition) is 0. The molecule has 0 radical (unpaired) electrons. The van der Waals surface area contributed by atoms with Crippen molar-refractivity contribution in [3.05, 3.63) is 52.6 Å². The molecule has 1 aliphatic rings. The van der Waals surface area contributed by atoms with Crippen LogP contribution in [-0.4, -0.2) is 37.9 Å². The first-order valence-electron chi connectivity index (χ1n) is 8.42. The van der Waals surface area contributed by atoms with E-state index in [4.69, 9.17) is 16.1 Å². The van der Waals surface area contributed by atoms with E-state index in [2.05, 4.69) is 37.8 Å². The number of halogens is 1. The summed E-state index contributed by atoms with van der Waals surface area (Å²) in [7, 11) is 0. The lowest BCUT2D eigenvalue weighted by molar-refractivity contribution is 0.258. The van der Waals surface area contributed by atoms with Crippen LogP contribution in [0.25, 0.3) is 11.4 Å². The SMILES string of the molecule is Cc1cc(C)n(C2CCN(Cc3nc(-c4ccc(Cl)cc4)no3)C2)n1. The Morgan fingerprint density at radius 2 is 2.04 bits per heavy atom. The predicted molar refractivity (Wildman–Crippen MR) is 95.4 cm³/mol. The Labute approximate surface area is 151 Å². The molecule has 0 aliphatic carbocycles. The van der Waals surface area contributed by atoms with Gasteiger partial charge in [-0.05, 0) is 50.6 Å². The Morgan fingerprint density at radius 3 is 2.76 bits per heavy atom. The summed E-state index contributed by atoms with van der Waals surface area (Å²) in [6.07, 6.45) is 1.08. The molecule has 0 saturated carbocycles. The van der Waals surface area contributed by atoms with E-state index in [0.717, 1.165) is 30.8 Å². The number of benzene rings is 1. The predicted octanol–water partition coefficient (Wildman–Crippen LogP) is 3.65. The van der Waals surface area contributed by atoms with Crippen LogP contribution in [-0.2, 0) is 6.54 Å². The molecule has 0 N–H and O–H groups in total. The number of aromatic nitrogens is 4. The highest BCUT2D eigenvalue weighted by Crippen LogP contribution is 2.25. The summed E-state index contributed by atoms with van der Waals surface area (Å²) >= 11 is 5.92. The van der Waals surface area contributed by atoms with Gasteiger partial charge in [-0.1, -0.05) is 16.8 Å². The quantitative estimate of drug-likeness (QED) is 0.713. The zero-order valence-corrected chi connectivity index (χ0v) is 15.1. The minimum Gasteiger partial charge on any atom is -0.338 e. The lowest BCUT2D eigenvalue weighted by Crippen LogP contribution is -2.22. The zero-order valence-electron chi connectivity index (χ0n) is 14.3. The van der Waals surface area contributed by atoms with E-state index < -0.39 is 0 Å². The molecule has 3 aromatic rings. The molecule has 3 heterocycles. The van der Waals surface area contributed by atoms with Crippen LogP contribution in [0.1, 0.15) is 29.7 Å². The third-order valence-corrected chi connectivity index (χ3v) is 4.82. The molecule has 130 valence electrons. The summed E-state index contributed by atoms with van der Waals surface area (Å²) in [5.41, 5.74) is 3.19. The second kappa shape index (κ2) is 6.61.